The van der Waals surface area contributed by atoms with Gasteiger partial charge in [-0.2, -0.15) is 0 Å². The van der Waals surface area contributed by atoms with Gasteiger partial charge in [-0.1, -0.05) is 0 Å². The third kappa shape index (κ3) is 3.47. The van der Waals surface area contributed by atoms with E-state index < -0.39 is 11.7 Å². The van der Waals surface area contributed by atoms with Crippen LogP contribution in [0.25, 0.3) is 4.98 Å². The van der Waals surface area contributed by atoms with E-state index in [4.69, 9.17) is 5.39 Å². The van der Waals surface area contributed by atoms with Crippen LogP contribution < -0.4 is 0 Å². The fourth-order valence-electron chi connectivity index (χ4n) is 0.372. The number of nitrogens with zero attached hydrogens (tertiary/aromatic N) is 2. The molecular weight excluding hydrogens is 120 g/mol. The highest BCUT2D eigenvalue weighted by Gasteiger charge is 2.34. The van der Waals surface area contributed by atoms with E-state index in [1.54, 1.807) is 0 Å². The van der Waals surface area contributed by atoms with E-state index in [-0.39, 0.29) is 0 Å². The molecule has 0 unspecified atom stereocenters. The predicted molar refractivity (Wildman–Crippen MR) is 30.9 cm³/mol. The van der Waals surface area contributed by atoms with Crippen molar-refractivity contribution in [1.82, 2.24) is 0 Å². The van der Waals surface area contributed by atoms with Crippen LogP contribution >= 0.6 is 0 Å². The first-order valence-electron chi connectivity index (χ1n) is 2.54. The number of carbonyl (C=O) groups excluding carboxylic acids is 1. The molecule has 0 aliphatic heterocycles. The van der Waals surface area contributed by atoms with E-state index in [1.165, 1.54) is 20.8 Å². The first-order chi connectivity index (χ1) is 3.98. The fourth-order valence-corrected chi connectivity index (χ4v) is 0.372. The molecule has 0 aliphatic carbocycles. The normalized spacial score (nSPS) is 10.0. The van der Waals surface area contributed by atoms with Gasteiger partial charge in [-0.15, -0.1) is 0 Å². The maximum absolute atomic E-state index is 10.2. The summed E-state index contributed by atoms with van der Waals surface area (Å²) in [5.41, 5.74) is -1.11. The Morgan fingerprint density at radius 3 is 2.22 bits per heavy atom. The van der Waals surface area contributed by atoms with Crippen LogP contribution in [0.2, 0.25) is 0 Å². The molecule has 4 nitrogen and oxygen atoms in total. The van der Waals surface area contributed by atoms with Crippen molar-refractivity contribution in [2.75, 3.05) is 0 Å². The summed E-state index contributed by atoms with van der Waals surface area (Å²) in [6, 6.07) is 0. The quantitative estimate of drug-likeness (QED) is 0.394. The van der Waals surface area contributed by atoms with E-state index in [1.807, 2.05) is 0 Å². The van der Waals surface area contributed by atoms with Crippen molar-refractivity contribution in [3.63, 3.8) is 0 Å². The summed E-state index contributed by atoms with van der Waals surface area (Å²) < 4.78 is 4.53. The minimum Gasteiger partial charge on any atom is -0.384 e. The van der Waals surface area contributed by atoms with Gasteiger partial charge in [0.15, 0.2) is 4.98 Å². The first kappa shape index (κ1) is 7.89. The molecule has 4 heteroatoms. The molecule has 9 heavy (non-hydrogen) atoms. The van der Waals surface area contributed by atoms with Gasteiger partial charge in [0, 0.05) is 6.92 Å². The smallest absolute Gasteiger partial charge is 0.384 e. The van der Waals surface area contributed by atoms with Crippen molar-refractivity contribution in [2.24, 2.45) is 0 Å². The first-order valence-corrected chi connectivity index (χ1v) is 2.54. The molecule has 50 valence electrons. The van der Waals surface area contributed by atoms with Crippen molar-refractivity contribution in [3.8, 4) is 0 Å². The summed E-state index contributed by atoms with van der Waals surface area (Å²) >= 11 is 0. The molecule has 0 aromatic rings. The summed E-state index contributed by atoms with van der Waals surface area (Å²) in [5, 5.41) is 8.19. The molecule has 0 saturated carbocycles. The van der Waals surface area contributed by atoms with Crippen molar-refractivity contribution in [2.45, 2.75) is 26.5 Å². The molecule has 0 amide bonds. The summed E-state index contributed by atoms with van der Waals surface area (Å²) in [4.78, 5) is 13.0. The van der Waals surface area contributed by atoms with Gasteiger partial charge < -0.3 is 4.74 Å². The maximum atomic E-state index is 10.2. The number of diazo groups is 1. The molecule has 0 atom stereocenters. The van der Waals surface area contributed by atoms with Crippen LogP contribution in [-0.4, -0.2) is 11.7 Å². The summed E-state index contributed by atoms with van der Waals surface area (Å²) in [5.74, 6) is -0.460. The van der Waals surface area contributed by atoms with E-state index >= 15 is 0 Å². The number of carbonyl (C=O) groups is 1. The van der Waals surface area contributed by atoms with Crippen LogP contribution in [-0.2, 0) is 9.53 Å². The van der Waals surface area contributed by atoms with Gasteiger partial charge in [-0.25, -0.2) is 0 Å². The van der Waals surface area contributed by atoms with E-state index in [0.717, 1.165) is 0 Å². The highest BCUT2D eigenvalue weighted by Crippen LogP contribution is 2.09. The number of hydrogen-bond acceptors (Lipinski definition) is 3. The van der Waals surface area contributed by atoms with Crippen LogP contribution in [0, 0.1) is 5.39 Å². The molecule has 0 aliphatic rings. The monoisotopic (exact) mass is 129 g/mol. The molecule has 0 spiro atoms. The van der Waals surface area contributed by atoms with Gasteiger partial charge in [-0.3, -0.25) is 4.79 Å². The zero-order valence-electron chi connectivity index (χ0n) is 5.71. The zero-order valence-corrected chi connectivity index (χ0v) is 5.71. The van der Waals surface area contributed by atoms with E-state index in [2.05, 4.69) is 9.71 Å². The van der Waals surface area contributed by atoms with Crippen molar-refractivity contribution in [3.05, 3.63) is 4.98 Å². The average molecular weight is 129 g/mol. The van der Waals surface area contributed by atoms with Crippen molar-refractivity contribution in [1.29, 1.82) is 5.39 Å². The van der Waals surface area contributed by atoms with Gasteiger partial charge in [0.25, 0.3) is 0 Å². The van der Waals surface area contributed by atoms with Gasteiger partial charge in [0.1, 0.15) is 0 Å². The lowest BCUT2D eigenvalue weighted by Crippen LogP contribution is -2.21. The second-order valence-electron chi connectivity index (χ2n) is 2.14. The lowest BCUT2D eigenvalue weighted by atomic mass is 10.3. The summed E-state index contributed by atoms with van der Waals surface area (Å²) in [6.07, 6.45) is 0. The van der Waals surface area contributed by atoms with Gasteiger partial charge in [-0.05, 0) is 0 Å². The molecule has 0 bridgehead atoms. The number of hydrogen-bond donors (Lipinski definition) is 0. The number of esters is 1. The van der Waals surface area contributed by atoms with Crippen molar-refractivity contribution < 1.29 is 9.53 Å². The van der Waals surface area contributed by atoms with Gasteiger partial charge >= 0.3 is 11.7 Å². The van der Waals surface area contributed by atoms with Crippen LogP contribution in [0.3, 0.4) is 0 Å². The molecular formula is C5H9N2O2+. The molecule has 0 aromatic carbocycles. The molecule has 0 rings (SSSR count). The molecule has 0 N–H and O–H groups in total. The largest absolute Gasteiger partial charge is 0.460 e. The molecule has 0 saturated heterocycles. The molecule has 0 radical (unpaired) electrons. The Hall–Kier alpha value is -1.11. The van der Waals surface area contributed by atoms with E-state index in [0.29, 0.717) is 0 Å². The predicted octanol–water partition coefficient (Wildman–Crippen LogP) is 1.14. The van der Waals surface area contributed by atoms with Crippen LogP contribution in [0.4, 0.5) is 0 Å². The van der Waals surface area contributed by atoms with Gasteiger partial charge in [0.05, 0.1) is 13.8 Å². The number of rotatable bonds is 1. The lowest BCUT2D eigenvalue weighted by Gasteiger charge is -2.01. The second kappa shape index (κ2) is 2.44. The Kier molecular flexibility index (Phi) is 2.14. The average Bonchev–Trinajstić information content (AvgIpc) is 1.63. The Morgan fingerprint density at radius 2 is 2.11 bits per heavy atom. The zero-order chi connectivity index (χ0) is 7.49. The Bertz CT molecular complexity index is 157. The summed E-state index contributed by atoms with van der Waals surface area (Å²) in [7, 11) is 0. The standard InChI is InChI=1S/C5H9N2O2/c1-4(8)9-5(2,3)7-6/h1-3H3/q+1. The Morgan fingerprint density at radius 1 is 1.67 bits per heavy atom. The molecule has 0 aromatic heterocycles. The third-order valence-corrected chi connectivity index (χ3v) is 0.634. The third-order valence-electron chi connectivity index (χ3n) is 0.634. The minimum atomic E-state index is -1.11. The SMILES string of the molecule is CC(=O)OC(C)(C)[N+]#N. The lowest BCUT2D eigenvalue weighted by molar-refractivity contribution is -0.149. The molecule has 0 heterocycles. The highest BCUT2D eigenvalue weighted by molar-refractivity contribution is 5.66. The number of ether oxygens (including phenoxy) is 1. The van der Waals surface area contributed by atoms with Gasteiger partial charge in [0.2, 0.25) is 5.39 Å². The van der Waals surface area contributed by atoms with E-state index in [9.17, 15) is 4.79 Å². The molecule has 0 fully saturated rings. The Labute approximate surface area is 53.4 Å². The van der Waals surface area contributed by atoms with Crippen molar-refractivity contribution >= 4 is 5.97 Å². The van der Waals surface area contributed by atoms with Crippen LogP contribution in [0.15, 0.2) is 0 Å². The fraction of sp³-hybridized carbons (Fsp3) is 0.800. The summed E-state index contributed by atoms with van der Waals surface area (Å²) in [6.45, 7) is 4.22. The highest BCUT2D eigenvalue weighted by atomic mass is 16.6. The second-order valence-corrected chi connectivity index (χ2v) is 2.14. The Balaban J connectivity index is 3.91. The maximum Gasteiger partial charge on any atom is 0.460 e. The van der Waals surface area contributed by atoms with Crippen LogP contribution in [0.5, 0.6) is 0 Å². The van der Waals surface area contributed by atoms with Crippen LogP contribution in [0.1, 0.15) is 20.8 Å². The minimum absolute atomic E-state index is 0.460. The topological polar surface area (TPSA) is 54.5 Å².